The van der Waals surface area contributed by atoms with Gasteiger partial charge in [0.15, 0.2) is 0 Å². The number of aromatic amines is 1. The van der Waals surface area contributed by atoms with E-state index in [1.54, 1.807) is 17.0 Å². The van der Waals surface area contributed by atoms with Crippen LogP contribution in [0.2, 0.25) is 0 Å². The molecular weight excluding hydrogens is 204 g/mol. The minimum atomic E-state index is -0.228. The zero-order valence-electron chi connectivity index (χ0n) is 9.40. The second-order valence-electron chi connectivity index (χ2n) is 4.22. The Morgan fingerprint density at radius 2 is 2.25 bits per heavy atom. The lowest BCUT2D eigenvalue weighted by Gasteiger charge is -2.20. The van der Waals surface area contributed by atoms with Crippen LogP contribution in [0.15, 0.2) is 23.0 Å². The molecule has 1 aromatic rings. The fourth-order valence-electron chi connectivity index (χ4n) is 1.71. The third kappa shape index (κ3) is 2.51. The van der Waals surface area contributed by atoms with Crippen LogP contribution in [0.1, 0.15) is 30.3 Å². The molecule has 16 heavy (non-hydrogen) atoms. The fraction of sp³-hybridized carbons (Fsp3) is 0.500. The minimum Gasteiger partial charge on any atom is -0.337 e. The summed E-state index contributed by atoms with van der Waals surface area (Å²) in [6.45, 7) is 3.46. The summed E-state index contributed by atoms with van der Waals surface area (Å²) in [5.74, 6) is 0.589. The molecule has 0 aromatic carbocycles. The second-order valence-corrected chi connectivity index (χ2v) is 4.22. The topological polar surface area (TPSA) is 53.2 Å². The quantitative estimate of drug-likeness (QED) is 0.830. The molecule has 1 aromatic heterocycles. The van der Waals surface area contributed by atoms with E-state index in [0.717, 1.165) is 6.54 Å². The average molecular weight is 220 g/mol. The van der Waals surface area contributed by atoms with Crippen LogP contribution in [0.4, 0.5) is 0 Å². The van der Waals surface area contributed by atoms with Gasteiger partial charge in [-0.25, -0.2) is 0 Å². The number of carbonyl (C=O) groups excluding carboxylic acids is 1. The molecule has 1 aliphatic rings. The van der Waals surface area contributed by atoms with E-state index in [9.17, 15) is 9.59 Å². The Kier molecular flexibility index (Phi) is 3.08. The Bertz CT molecular complexity index is 435. The molecule has 86 valence electrons. The second kappa shape index (κ2) is 4.51. The van der Waals surface area contributed by atoms with Gasteiger partial charge in [-0.3, -0.25) is 9.59 Å². The molecule has 0 unspecified atom stereocenters. The largest absolute Gasteiger partial charge is 0.337 e. The maximum absolute atomic E-state index is 12.0. The SMILES string of the molecule is CCN(CC1CC1)C(=O)c1cccc(=O)[nH]1. The summed E-state index contributed by atoms with van der Waals surface area (Å²) in [5.41, 5.74) is 0.156. The number of nitrogens with zero attached hydrogens (tertiary/aromatic N) is 1. The monoisotopic (exact) mass is 220 g/mol. The summed E-state index contributed by atoms with van der Waals surface area (Å²) >= 11 is 0. The van der Waals surface area contributed by atoms with Crippen molar-refractivity contribution >= 4 is 5.91 Å². The van der Waals surface area contributed by atoms with Crippen LogP contribution in [-0.4, -0.2) is 28.9 Å². The summed E-state index contributed by atoms with van der Waals surface area (Å²) in [6.07, 6.45) is 2.43. The molecule has 0 bridgehead atoms. The molecule has 4 nitrogen and oxygen atoms in total. The van der Waals surface area contributed by atoms with Gasteiger partial charge in [0.05, 0.1) is 0 Å². The van der Waals surface area contributed by atoms with Gasteiger partial charge >= 0.3 is 0 Å². The Morgan fingerprint density at radius 3 is 2.81 bits per heavy atom. The summed E-state index contributed by atoms with van der Waals surface area (Å²) in [5, 5.41) is 0. The van der Waals surface area contributed by atoms with E-state index in [-0.39, 0.29) is 11.5 Å². The predicted octanol–water partition coefficient (Wildman–Crippen LogP) is 1.25. The first kappa shape index (κ1) is 10.9. The molecule has 1 saturated carbocycles. The van der Waals surface area contributed by atoms with Gasteiger partial charge in [0.25, 0.3) is 5.91 Å². The van der Waals surface area contributed by atoms with Crippen LogP contribution >= 0.6 is 0 Å². The molecule has 1 aliphatic carbocycles. The van der Waals surface area contributed by atoms with Gasteiger partial charge in [-0.1, -0.05) is 6.07 Å². The number of hydrogen-bond acceptors (Lipinski definition) is 2. The summed E-state index contributed by atoms with van der Waals surface area (Å²) < 4.78 is 0. The van der Waals surface area contributed by atoms with Crippen molar-refractivity contribution in [3.05, 3.63) is 34.2 Å². The lowest BCUT2D eigenvalue weighted by atomic mass is 10.3. The Labute approximate surface area is 94.3 Å². The third-order valence-electron chi connectivity index (χ3n) is 2.84. The molecule has 0 atom stereocenters. The maximum atomic E-state index is 12.0. The maximum Gasteiger partial charge on any atom is 0.270 e. The van der Waals surface area contributed by atoms with Gasteiger partial charge in [0, 0.05) is 19.2 Å². The smallest absolute Gasteiger partial charge is 0.270 e. The van der Waals surface area contributed by atoms with Crippen molar-refractivity contribution in [2.24, 2.45) is 5.92 Å². The highest BCUT2D eigenvalue weighted by molar-refractivity contribution is 5.92. The van der Waals surface area contributed by atoms with Crippen LogP contribution in [0.3, 0.4) is 0 Å². The van der Waals surface area contributed by atoms with Gasteiger partial charge in [-0.05, 0) is 31.7 Å². The zero-order chi connectivity index (χ0) is 11.5. The first-order valence-corrected chi connectivity index (χ1v) is 5.69. The highest BCUT2D eigenvalue weighted by Crippen LogP contribution is 2.29. The molecule has 0 aliphatic heterocycles. The van der Waals surface area contributed by atoms with Gasteiger partial charge < -0.3 is 9.88 Å². The first-order valence-electron chi connectivity index (χ1n) is 5.69. The van der Waals surface area contributed by atoms with Crippen LogP contribution in [0.5, 0.6) is 0 Å². The molecule has 1 N–H and O–H groups in total. The van der Waals surface area contributed by atoms with E-state index in [2.05, 4.69) is 4.98 Å². The van der Waals surface area contributed by atoms with Crippen molar-refractivity contribution < 1.29 is 4.79 Å². The first-order chi connectivity index (χ1) is 7.70. The van der Waals surface area contributed by atoms with Gasteiger partial charge in [0.1, 0.15) is 5.69 Å². The lowest BCUT2D eigenvalue weighted by molar-refractivity contribution is 0.0750. The van der Waals surface area contributed by atoms with Crippen molar-refractivity contribution in [3.63, 3.8) is 0 Å². The molecule has 0 saturated heterocycles. The van der Waals surface area contributed by atoms with E-state index in [0.29, 0.717) is 18.2 Å². The highest BCUT2D eigenvalue weighted by atomic mass is 16.2. The van der Waals surface area contributed by atoms with E-state index >= 15 is 0 Å². The predicted molar refractivity (Wildman–Crippen MR) is 61.4 cm³/mol. The minimum absolute atomic E-state index is 0.0768. The van der Waals surface area contributed by atoms with Gasteiger partial charge in [-0.15, -0.1) is 0 Å². The fourth-order valence-corrected chi connectivity index (χ4v) is 1.71. The highest BCUT2D eigenvalue weighted by Gasteiger charge is 2.26. The third-order valence-corrected chi connectivity index (χ3v) is 2.84. The number of hydrogen-bond donors (Lipinski definition) is 1. The Morgan fingerprint density at radius 1 is 1.50 bits per heavy atom. The average Bonchev–Trinajstić information content (AvgIpc) is 3.09. The zero-order valence-corrected chi connectivity index (χ0v) is 9.40. The van der Waals surface area contributed by atoms with Gasteiger partial charge in [0.2, 0.25) is 5.56 Å². The number of carbonyl (C=O) groups is 1. The molecule has 2 rings (SSSR count). The van der Waals surface area contributed by atoms with Crippen molar-refractivity contribution in [2.75, 3.05) is 13.1 Å². The van der Waals surface area contributed by atoms with E-state index in [1.807, 2.05) is 6.92 Å². The van der Waals surface area contributed by atoms with Crippen molar-refractivity contribution in [2.45, 2.75) is 19.8 Å². The van der Waals surface area contributed by atoms with Crippen LogP contribution < -0.4 is 5.56 Å². The van der Waals surface area contributed by atoms with Crippen molar-refractivity contribution in [1.29, 1.82) is 0 Å². The number of H-pyrrole nitrogens is 1. The molecule has 4 heteroatoms. The van der Waals surface area contributed by atoms with Gasteiger partial charge in [-0.2, -0.15) is 0 Å². The molecule has 0 radical (unpaired) electrons. The summed E-state index contributed by atoms with van der Waals surface area (Å²) in [7, 11) is 0. The number of pyridine rings is 1. The van der Waals surface area contributed by atoms with E-state index < -0.39 is 0 Å². The number of amides is 1. The van der Waals surface area contributed by atoms with E-state index in [1.165, 1.54) is 18.9 Å². The van der Waals surface area contributed by atoms with Crippen molar-refractivity contribution in [3.8, 4) is 0 Å². The Balaban J connectivity index is 2.12. The summed E-state index contributed by atoms with van der Waals surface area (Å²) in [4.78, 5) is 27.5. The standard InChI is InChI=1S/C12H16N2O2/c1-2-14(8-9-6-7-9)12(16)10-4-3-5-11(15)13-10/h3-5,9H,2,6-8H2,1H3,(H,13,15). The van der Waals surface area contributed by atoms with E-state index in [4.69, 9.17) is 0 Å². The van der Waals surface area contributed by atoms with Crippen LogP contribution in [0, 0.1) is 5.92 Å². The molecule has 1 heterocycles. The summed E-state index contributed by atoms with van der Waals surface area (Å²) in [6, 6.07) is 4.67. The molecule has 1 fully saturated rings. The lowest BCUT2D eigenvalue weighted by Crippen LogP contribution is -2.34. The molecule has 0 spiro atoms. The molecular formula is C12H16N2O2. The van der Waals surface area contributed by atoms with Crippen LogP contribution in [0.25, 0.3) is 0 Å². The number of nitrogens with one attached hydrogen (secondary N) is 1. The normalized spacial score (nSPS) is 14.8. The van der Waals surface area contributed by atoms with Crippen LogP contribution in [-0.2, 0) is 0 Å². The number of aromatic nitrogens is 1. The van der Waals surface area contributed by atoms with Crippen molar-refractivity contribution in [1.82, 2.24) is 9.88 Å². The molecule has 1 amide bonds. The number of rotatable bonds is 4. The Hall–Kier alpha value is -1.58.